The third kappa shape index (κ3) is 4.84. The van der Waals surface area contributed by atoms with Gasteiger partial charge in [0.25, 0.3) is 0 Å². The quantitative estimate of drug-likeness (QED) is 0.335. The first-order valence-corrected chi connectivity index (χ1v) is 11.9. The van der Waals surface area contributed by atoms with E-state index in [1.165, 1.54) is 11.8 Å². The van der Waals surface area contributed by atoms with Gasteiger partial charge in [0.1, 0.15) is 11.1 Å². The number of nitriles is 1. The van der Waals surface area contributed by atoms with Gasteiger partial charge in [-0.3, -0.25) is 4.79 Å². The van der Waals surface area contributed by atoms with Gasteiger partial charge >= 0.3 is 0 Å². The molecule has 3 aromatic carbocycles. The number of rotatable bonds is 6. The lowest BCUT2D eigenvalue weighted by Crippen LogP contribution is -2.22. The molecule has 0 spiro atoms. The predicted octanol–water partition coefficient (Wildman–Crippen LogP) is 6.14. The average molecular weight is 480 g/mol. The number of carbonyl (C=O) groups is 1. The molecule has 1 amide bonds. The van der Waals surface area contributed by atoms with Crippen molar-refractivity contribution in [2.24, 2.45) is 0 Å². The van der Waals surface area contributed by atoms with Crippen LogP contribution in [0.25, 0.3) is 22.4 Å². The minimum atomic E-state index is -0.481. The number of ether oxygens (including phenoxy) is 2. The van der Waals surface area contributed by atoms with E-state index in [2.05, 4.69) is 11.4 Å². The summed E-state index contributed by atoms with van der Waals surface area (Å²) in [4.78, 5) is 17.7. The number of hydrogen-bond donors (Lipinski definition) is 1. The fraction of sp³-hybridized carbons (Fsp3) is 0.107. The van der Waals surface area contributed by atoms with Crippen molar-refractivity contribution >= 4 is 23.4 Å². The van der Waals surface area contributed by atoms with E-state index in [-0.39, 0.29) is 12.7 Å². The summed E-state index contributed by atoms with van der Waals surface area (Å²) in [6.07, 6.45) is 0. The van der Waals surface area contributed by atoms with Gasteiger partial charge in [-0.25, -0.2) is 4.98 Å². The van der Waals surface area contributed by atoms with E-state index in [1.807, 2.05) is 84.9 Å². The van der Waals surface area contributed by atoms with E-state index in [0.717, 1.165) is 28.1 Å². The molecule has 6 nitrogen and oxygen atoms in total. The summed E-state index contributed by atoms with van der Waals surface area (Å²) >= 11 is 1.26. The summed E-state index contributed by atoms with van der Waals surface area (Å²) < 4.78 is 11.0. The fourth-order valence-electron chi connectivity index (χ4n) is 3.75. The average Bonchev–Trinajstić information content (AvgIpc) is 3.37. The number of thioether (sulfide) groups is 1. The summed E-state index contributed by atoms with van der Waals surface area (Å²) in [6.45, 7) is 1.98. The standard InChI is InChI=1S/C28H21N3O3S/c1-18(27(32)30-21-10-6-3-7-11-21)35-28-23(16-29)22(15-24(31-28)19-8-4-2-5-9-19)20-12-13-25-26(14-20)34-17-33-25/h2-15,18H,17H2,1H3,(H,30,32). The number of nitrogens with zero attached hydrogens (tertiary/aromatic N) is 2. The van der Waals surface area contributed by atoms with Gasteiger partial charge in [0.15, 0.2) is 11.5 Å². The van der Waals surface area contributed by atoms with Crippen molar-refractivity contribution in [3.05, 3.63) is 90.5 Å². The van der Waals surface area contributed by atoms with Crippen LogP contribution in [0.3, 0.4) is 0 Å². The second kappa shape index (κ2) is 9.92. The Hall–Kier alpha value is -4.28. The van der Waals surface area contributed by atoms with Gasteiger partial charge in [-0.1, -0.05) is 66.4 Å². The third-order valence-corrected chi connectivity index (χ3v) is 6.64. The highest BCUT2D eigenvalue weighted by molar-refractivity contribution is 8.00. The molecule has 0 saturated heterocycles. The molecule has 2 heterocycles. The molecule has 0 radical (unpaired) electrons. The minimum absolute atomic E-state index is 0.165. The highest BCUT2D eigenvalue weighted by Crippen LogP contribution is 2.40. The number of carbonyl (C=O) groups excluding carboxylic acids is 1. The zero-order valence-corrected chi connectivity index (χ0v) is 19.7. The Morgan fingerprint density at radius 2 is 1.69 bits per heavy atom. The molecule has 1 unspecified atom stereocenters. The van der Waals surface area contributed by atoms with Gasteiger partial charge in [0, 0.05) is 16.8 Å². The Labute approximate surface area is 207 Å². The largest absolute Gasteiger partial charge is 0.454 e. The van der Waals surface area contributed by atoms with Gasteiger partial charge in [-0.2, -0.15) is 5.26 Å². The van der Waals surface area contributed by atoms with E-state index in [0.29, 0.717) is 22.1 Å². The zero-order valence-electron chi connectivity index (χ0n) is 18.9. The number of para-hydroxylation sites is 1. The maximum Gasteiger partial charge on any atom is 0.237 e. The Kier molecular flexibility index (Phi) is 6.38. The normalized spacial score (nSPS) is 12.6. The second-order valence-corrected chi connectivity index (χ2v) is 9.23. The number of fused-ring (bicyclic) bond motifs is 1. The molecule has 0 fully saturated rings. The van der Waals surface area contributed by atoms with Gasteiger partial charge in [-0.15, -0.1) is 0 Å². The topological polar surface area (TPSA) is 84.2 Å². The lowest BCUT2D eigenvalue weighted by molar-refractivity contribution is -0.115. The molecule has 0 bridgehead atoms. The monoisotopic (exact) mass is 479 g/mol. The van der Waals surface area contributed by atoms with E-state index in [1.54, 1.807) is 6.92 Å². The first-order valence-electron chi connectivity index (χ1n) is 11.1. The van der Waals surface area contributed by atoms with Crippen LogP contribution in [-0.2, 0) is 4.79 Å². The van der Waals surface area contributed by atoms with E-state index < -0.39 is 5.25 Å². The first kappa shape index (κ1) is 22.5. The van der Waals surface area contributed by atoms with Crippen molar-refractivity contribution in [2.45, 2.75) is 17.2 Å². The molecular formula is C28H21N3O3S. The molecule has 1 aliphatic rings. The van der Waals surface area contributed by atoms with Crippen LogP contribution < -0.4 is 14.8 Å². The number of benzene rings is 3. The maximum atomic E-state index is 12.9. The number of anilines is 1. The summed E-state index contributed by atoms with van der Waals surface area (Å²) in [5.74, 6) is 1.14. The number of pyridine rings is 1. The molecule has 1 aromatic heterocycles. The van der Waals surface area contributed by atoms with Crippen LogP contribution in [-0.4, -0.2) is 22.9 Å². The van der Waals surface area contributed by atoms with E-state index in [9.17, 15) is 10.1 Å². The van der Waals surface area contributed by atoms with Crippen molar-refractivity contribution in [3.63, 3.8) is 0 Å². The number of amides is 1. The van der Waals surface area contributed by atoms with Crippen LogP contribution in [0.5, 0.6) is 11.5 Å². The van der Waals surface area contributed by atoms with Crippen LogP contribution >= 0.6 is 11.8 Å². The van der Waals surface area contributed by atoms with Crippen LogP contribution in [0.2, 0.25) is 0 Å². The number of hydrogen-bond acceptors (Lipinski definition) is 6. The zero-order chi connectivity index (χ0) is 24.2. The lowest BCUT2D eigenvalue weighted by atomic mass is 9.99. The second-order valence-electron chi connectivity index (χ2n) is 7.90. The maximum absolute atomic E-state index is 12.9. The Morgan fingerprint density at radius 3 is 2.43 bits per heavy atom. The first-order chi connectivity index (χ1) is 17.1. The Balaban J connectivity index is 1.55. The van der Waals surface area contributed by atoms with Gasteiger partial charge in [-0.05, 0) is 42.8 Å². The van der Waals surface area contributed by atoms with Gasteiger partial charge in [0.2, 0.25) is 12.7 Å². The number of aromatic nitrogens is 1. The molecular weight excluding hydrogens is 458 g/mol. The van der Waals surface area contributed by atoms with Crippen molar-refractivity contribution in [3.8, 4) is 40.0 Å². The molecule has 7 heteroatoms. The summed E-state index contributed by atoms with van der Waals surface area (Å²) in [5.41, 5.74) is 4.30. The molecule has 5 rings (SSSR count). The molecule has 0 saturated carbocycles. The predicted molar refractivity (Wildman–Crippen MR) is 136 cm³/mol. The minimum Gasteiger partial charge on any atom is -0.454 e. The third-order valence-electron chi connectivity index (χ3n) is 5.55. The highest BCUT2D eigenvalue weighted by Gasteiger charge is 2.23. The summed E-state index contributed by atoms with van der Waals surface area (Å²) in [7, 11) is 0. The highest BCUT2D eigenvalue weighted by atomic mass is 32.2. The van der Waals surface area contributed by atoms with E-state index in [4.69, 9.17) is 14.5 Å². The van der Waals surface area contributed by atoms with Gasteiger partial charge in [0.05, 0.1) is 16.5 Å². The summed E-state index contributed by atoms with van der Waals surface area (Å²) in [6, 6.07) is 28.9. The Morgan fingerprint density at radius 1 is 0.971 bits per heavy atom. The smallest absolute Gasteiger partial charge is 0.237 e. The van der Waals surface area contributed by atoms with Crippen molar-refractivity contribution in [1.82, 2.24) is 4.98 Å². The molecule has 0 aliphatic carbocycles. The SMILES string of the molecule is CC(Sc1nc(-c2ccccc2)cc(-c2ccc3c(c2)OCO3)c1C#N)C(=O)Nc1ccccc1. The van der Waals surface area contributed by atoms with Crippen molar-refractivity contribution in [2.75, 3.05) is 12.1 Å². The molecule has 35 heavy (non-hydrogen) atoms. The molecule has 4 aromatic rings. The summed E-state index contributed by atoms with van der Waals surface area (Å²) in [5, 5.41) is 13.1. The van der Waals surface area contributed by atoms with E-state index >= 15 is 0 Å². The van der Waals surface area contributed by atoms with Crippen LogP contribution in [0.1, 0.15) is 12.5 Å². The van der Waals surface area contributed by atoms with Crippen molar-refractivity contribution in [1.29, 1.82) is 5.26 Å². The van der Waals surface area contributed by atoms with Crippen LogP contribution in [0, 0.1) is 11.3 Å². The fourth-order valence-corrected chi connectivity index (χ4v) is 4.68. The lowest BCUT2D eigenvalue weighted by Gasteiger charge is -2.16. The molecule has 1 atom stereocenters. The van der Waals surface area contributed by atoms with Gasteiger partial charge < -0.3 is 14.8 Å². The molecule has 1 N–H and O–H groups in total. The van der Waals surface area contributed by atoms with Crippen LogP contribution in [0.15, 0.2) is 90.0 Å². The Bertz CT molecular complexity index is 1420. The van der Waals surface area contributed by atoms with Crippen molar-refractivity contribution < 1.29 is 14.3 Å². The molecule has 172 valence electrons. The number of nitrogens with one attached hydrogen (secondary N) is 1. The van der Waals surface area contributed by atoms with Crippen LogP contribution in [0.4, 0.5) is 5.69 Å². The molecule has 1 aliphatic heterocycles.